The number of aryl methyl sites for hydroxylation is 1. The molecule has 2 aromatic carbocycles. The Kier molecular flexibility index (Phi) is 3.42. The molecule has 0 spiro atoms. The molecular weight excluding hydrogens is 326 g/mol. The molecule has 0 fully saturated rings. The summed E-state index contributed by atoms with van der Waals surface area (Å²) < 4.78 is 27.8. The van der Waals surface area contributed by atoms with Crippen LogP contribution in [0, 0.1) is 18.6 Å². The van der Waals surface area contributed by atoms with Crippen molar-refractivity contribution in [3.8, 4) is 0 Å². The summed E-state index contributed by atoms with van der Waals surface area (Å²) in [6, 6.07) is 10.1. The first-order valence-electron chi connectivity index (χ1n) is 7.53. The Bertz CT molecular complexity index is 1210. The van der Waals surface area contributed by atoms with Gasteiger partial charge in [-0.25, -0.2) is 13.8 Å². The molecule has 2 heterocycles. The van der Waals surface area contributed by atoms with E-state index in [0.717, 1.165) is 4.68 Å². The monoisotopic (exact) mass is 338 g/mol. The number of H-pyrrole nitrogens is 1. The van der Waals surface area contributed by atoms with E-state index in [-0.39, 0.29) is 11.3 Å². The molecule has 4 rings (SSSR count). The van der Waals surface area contributed by atoms with Crippen molar-refractivity contribution in [1.82, 2.24) is 14.6 Å². The average Bonchev–Trinajstić information content (AvgIpc) is 2.93. The molecule has 0 saturated heterocycles. The Morgan fingerprint density at radius 1 is 1.16 bits per heavy atom. The molecule has 4 aromatic rings. The molecule has 0 aliphatic heterocycles. The van der Waals surface area contributed by atoms with Crippen molar-refractivity contribution in [2.45, 2.75) is 6.92 Å². The SMILES string of the molecule is Cc1nc2c([nH]c3ccc(F)cc32)c(=O)n1/N=C/c1cccc(F)c1. The molecule has 0 radical (unpaired) electrons. The first-order valence-corrected chi connectivity index (χ1v) is 7.53. The fourth-order valence-electron chi connectivity index (χ4n) is 2.73. The van der Waals surface area contributed by atoms with Crippen LogP contribution in [0.2, 0.25) is 0 Å². The second-order valence-electron chi connectivity index (χ2n) is 5.61. The number of benzene rings is 2. The van der Waals surface area contributed by atoms with Crippen molar-refractivity contribution in [2.75, 3.05) is 0 Å². The molecule has 7 heteroatoms. The van der Waals surface area contributed by atoms with Gasteiger partial charge in [-0.1, -0.05) is 12.1 Å². The molecule has 2 aromatic heterocycles. The van der Waals surface area contributed by atoms with E-state index < -0.39 is 11.4 Å². The van der Waals surface area contributed by atoms with Gasteiger partial charge in [0.05, 0.1) is 6.21 Å². The van der Waals surface area contributed by atoms with Gasteiger partial charge in [0, 0.05) is 10.9 Å². The van der Waals surface area contributed by atoms with E-state index in [1.165, 1.54) is 30.5 Å². The van der Waals surface area contributed by atoms with Crippen LogP contribution in [0.3, 0.4) is 0 Å². The maximum absolute atomic E-state index is 13.5. The number of nitrogens with one attached hydrogen (secondary N) is 1. The lowest BCUT2D eigenvalue weighted by Gasteiger charge is -2.03. The predicted molar refractivity (Wildman–Crippen MR) is 91.9 cm³/mol. The van der Waals surface area contributed by atoms with Crippen LogP contribution < -0.4 is 5.56 Å². The quantitative estimate of drug-likeness (QED) is 0.570. The Morgan fingerprint density at radius 3 is 2.76 bits per heavy atom. The van der Waals surface area contributed by atoms with Gasteiger partial charge < -0.3 is 4.98 Å². The summed E-state index contributed by atoms with van der Waals surface area (Å²) >= 11 is 0. The van der Waals surface area contributed by atoms with Crippen molar-refractivity contribution in [3.05, 3.63) is 75.8 Å². The van der Waals surface area contributed by atoms with Crippen molar-refractivity contribution >= 4 is 28.2 Å². The van der Waals surface area contributed by atoms with E-state index in [0.29, 0.717) is 27.8 Å². The standard InChI is InChI=1S/C18H12F2N4O/c1-10-22-16-14-8-13(20)5-6-15(14)23-17(16)18(25)24(10)21-9-11-3-2-4-12(19)7-11/h2-9,23H,1H3/b21-9+. The lowest BCUT2D eigenvalue weighted by molar-refractivity contribution is 0.627. The van der Waals surface area contributed by atoms with Crippen LogP contribution in [0.4, 0.5) is 8.78 Å². The molecule has 0 amide bonds. The van der Waals surface area contributed by atoms with Gasteiger partial charge >= 0.3 is 0 Å². The summed E-state index contributed by atoms with van der Waals surface area (Å²) in [5.41, 5.74) is 1.36. The van der Waals surface area contributed by atoms with Crippen molar-refractivity contribution in [2.24, 2.45) is 5.10 Å². The highest BCUT2D eigenvalue weighted by Crippen LogP contribution is 2.22. The third kappa shape index (κ3) is 2.59. The molecule has 124 valence electrons. The Hall–Kier alpha value is -3.35. The minimum atomic E-state index is -0.410. The smallest absolute Gasteiger partial charge is 0.298 e. The predicted octanol–water partition coefficient (Wildman–Crippen LogP) is 3.35. The Labute approximate surface area is 140 Å². The first-order chi connectivity index (χ1) is 12.0. The summed E-state index contributed by atoms with van der Waals surface area (Å²) in [5.74, 6) is -0.448. The Morgan fingerprint density at radius 2 is 1.96 bits per heavy atom. The number of aromatic amines is 1. The fraction of sp³-hybridized carbons (Fsp3) is 0.0556. The summed E-state index contributed by atoms with van der Waals surface area (Å²) in [7, 11) is 0. The largest absolute Gasteiger partial charge is 0.349 e. The van der Waals surface area contributed by atoms with Crippen molar-refractivity contribution in [3.63, 3.8) is 0 Å². The van der Waals surface area contributed by atoms with E-state index in [4.69, 9.17) is 0 Å². The van der Waals surface area contributed by atoms with Crippen molar-refractivity contribution in [1.29, 1.82) is 0 Å². The van der Waals surface area contributed by atoms with E-state index >= 15 is 0 Å². The average molecular weight is 338 g/mol. The number of halogens is 2. The lowest BCUT2D eigenvalue weighted by atomic mass is 10.2. The zero-order valence-corrected chi connectivity index (χ0v) is 13.1. The molecule has 0 aliphatic carbocycles. The summed E-state index contributed by atoms with van der Waals surface area (Å²) in [6.45, 7) is 1.63. The molecule has 0 saturated carbocycles. The van der Waals surface area contributed by atoms with Gasteiger partial charge in [0.1, 0.15) is 28.5 Å². The van der Waals surface area contributed by atoms with Crippen LogP contribution in [0.15, 0.2) is 52.4 Å². The minimum Gasteiger partial charge on any atom is -0.349 e. The zero-order chi connectivity index (χ0) is 17.6. The normalized spacial score (nSPS) is 11.8. The molecular formula is C18H12F2N4O. The maximum atomic E-state index is 13.5. The van der Waals surface area contributed by atoms with E-state index in [1.807, 2.05) is 0 Å². The number of aromatic nitrogens is 3. The van der Waals surface area contributed by atoms with Gasteiger partial charge in [0.2, 0.25) is 0 Å². The summed E-state index contributed by atoms with van der Waals surface area (Å²) in [5, 5.41) is 4.65. The number of hydrogen-bond donors (Lipinski definition) is 1. The molecule has 1 N–H and O–H groups in total. The first kappa shape index (κ1) is 15.2. The van der Waals surface area contributed by atoms with Gasteiger partial charge in [-0.15, -0.1) is 0 Å². The molecule has 0 bridgehead atoms. The lowest BCUT2D eigenvalue weighted by Crippen LogP contribution is -2.20. The van der Waals surface area contributed by atoms with Gasteiger partial charge in [-0.3, -0.25) is 4.79 Å². The second-order valence-corrected chi connectivity index (χ2v) is 5.61. The molecule has 0 unspecified atom stereocenters. The van der Waals surface area contributed by atoms with Crippen LogP contribution >= 0.6 is 0 Å². The highest BCUT2D eigenvalue weighted by Gasteiger charge is 2.13. The maximum Gasteiger partial charge on any atom is 0.298 e. The van der Waals surface area contributed by atoms with E-state index in [1.54, 1.807) is 25.1 Å². The highest BCUT2D eigenvalue weighted by molar-refractivity contribution is 6.04. The van der Waals surface area contributed by atoms with Gasteiger partial charge in [0.25, 0.3) is 5.56 Å². The molecule has 5 nitrogen and oxygen atoms in total. The number of nitrogens with zero attached hydrogens (tertiary/aromatic N) is 3. The summed E-state index contributed by atoms with van der Waals surface area (Å²) in [6.07, 6.45) is 1.38. The van der Waals surface area contributed by atoms with Crippen LogP contribution in [-0.2, 0) is 0 Å². The van der Waals surface area contributed by atoms with E-state index in [9.17, 15) is 13.6 Å². The zero-order valence-electron chi connectivity index (χ0n) is 13.1. The Balaban J connectivity index is 1.90. The topological polar surface area (TPSA) is 63.0 Å². The highest BCUT2D eigenvalue weighted by atomic mass is 19.1. The number of rotatable bonds is 2. The van der Waals surface area contributed by atoms with Gasteiger partial charge in [0.15, 0.2) is 0 Å². The van der Waals surface area contributed by atoms with Crippen LogP contribution in [0.5, 0.6) is 0 Å². The van der Waals surface area contributed by atoms with Crippen molar-refractivity contribution < 1.29 is 8.78 Å². The van der Waals surface area contributed by atoms with E-state index in [2.05, 4.69) is 15.1 Å². The van der Waals surface area contributed by atoms with Gasteiger partial charge in [-0.05, 0) is 42.8 Å². The minimum absolute atomic E-state index is 0.239. The van der Waals surface area contributed by atoms with Gasteiger partial charge in [-0.2, -0.15) is 9.78 Å². The fourth-order valence-corrected chi connectivity index (χ4v) is 2.73. The van der Waals surface area contributed by atoms with Crippen LogP contribution in [0.1, 0.15) is 11.4 Å². The molecule has 25 heavy (non-hydrogen) atoms. The summed E-state index contributed by atoms with van der Waals surface area (Å²) in [4.78, 5) is 20.0. The third-order valence-corrected chi connectivity index (χ3v) is 3.89. The molecule has 0 aliphatic rings. The second kappa shape index (κ2) is 5.62. The number of fused-ring (bicyclic) bond motifs is 3. The van der Waals surface area contributed by atoms with Crippen LogP contribution in [-0.4, -0.2) is 20.9 Å². The molecule has 0 atom stereocenters. The number of hydrogen-bond acceptors (Lipinski definition) is 3. The third-order valence-electron chi connectivity index (χ3n) is 3.89. The van der Waals surface area contributed by atoms with Crippen LogP contribution in [0.25, 0.3) is 21.9 Å².